The molecule has 0 saturated carbocycles. The highest BCUT2D eigenvalue weighted by molar-refractivity contribution is 5.69. The number of likely N-dealkylation sites (tertiary alicyclic amines) is 1. The highest BCUT2D eigenvalue weighted by atomic mass is 19.1. The minimum absolute atomic E-state index is 0.203. The molecule has 0 spiro atoms. The quantitative estimate of drug-likeness (QED) is 0.347. The number of carbonyl (C=O) groups is 1. The van der Waals surface area contributed by atoms with Gasteiger partial charge in [0, 0.05) is 31.7 Å². The van der Waals surface area contributed by atoms with E-state index < -0.39 is 41.5 Å². The molecule has 1 N–H and O–H groups in total. The Balaban J connectivity index is 1.71. The van der Waals surface area contributed by atoms with E-state index in [0.717, 1.165) is 23.6 Å². The van der Waals surface area contributed by atoms with Crippen molar-refractivity contribution in [1.29, 1.82) is 0 Å². The molecule has 1 aliphatic heterocycles. The van der Waals surface area contributed by atoms with E-state index in [1.54, 1.807) is 4.90 Å². The fourth-order valence-corrected chi connectivity index (χ4v) is 5.31. The molecule has 1 unspecified atom stereocenters. The first kappa shape index (κ1) is 28.7. The minimum atomic E-state index is -0.987. The predicted octanol–water partition coefficient (Wildman–Crippen LogP) is 6.34. The Bertz CT molecular complexity index is 1160. The summed E-state index contributed by atoms with van der Waals surface area (Å²) in [5.74, 6) is -1.32. The van der Waals surface area contributed by atoms with E-state index in [4.69, 9.17) is 4.74 Å². The van der Waals surface area contributed by atoms with Gasteiger partial charge in [-0.15, -0.1) is 0 Å². The number of carbonyl (C=O) groups excluding carboxylic acids is 1. The number of hydrogen-bond donors (Lipinski definition) is 1. The van der Waals surface area contributed by atoms with E-state index in [9.17, 15) is 18.7 Å². The lowest BCUT2D eigenvalue weighted by molar-refractivity contribution is -0.0250. The first-order valence-corrected chi connectivity index (χ1v) is 13.5. The van der Waals surface area contributed by atoms with Crippen molar-refractivity contribution < 1.29 is 23.4 Å². The SMILES string of the molecule is CC(C)(C)OC(=O)N1CCCC1[C@@H](O)[C@H](Cc1cc(F)cc(F)c1)N(Cc1ccccc1)Cc1ccccc1. The van der Waals surface area contributed by atoms with Crippen LogP contribution in [0.4, 0.5) is 13.6 Å². The molecule has 5 nitrogen and oxygen atoms in total. The van der Waals surface area contributed by atoms with Gasteiger partial charge in [-0.25, -0.2) is 13.6 Å². The van der Waals surface area contributed by atoms with E-state index in [1.165, 1.54) is 12.1 Å². The second kappa shape index (κ2) is 12.7. The highest BCUT2D eigenvalue weighted by Crippen LogP contribution is 2.29. The zero-order chi connectivity index (χ0) is 28.0. The summed E-state index contributed by atoms with van der Waals surface area (Å²) >= 11 is 0. The maximum atomic E-state index is 14.2. The third-order valence-electron chi connectivity index (χ3n) is 7.01. The molecule has 4 rings (SSSR count). The molecular weight excluding hydrogens is 498 g/mol. The number of hydrogen-bond acceptors (Lipinski definition) is 4. The molecule has 208 valence electrons. The summed E-state index contributed by atoms with van der Waals surface area (Å²) in [6.07, 6.45) is 0.100. The van der Waals surface area contributed by atoms with Crippen molar-refractivity contribution in [3.63, 3.8) is 0 Å². The summed E-state index contributed by atoms with van der Waals surface area (Å²) in [5.41, 5.74) is 1.88. The molecule has 1 amide bonds. The normalized spacial score (nSPS) is 17.3. The maximum Gasteiger partial charge on any atom is 0.410 e. The molecule has 3 aromatic carbocycles. The third kappa shape index (κ3) is 8.10. The second-order valence-corrected chi connectivity index (χ2v) is 11.3. The molecule has 3 atom stereocenters. The number of aliphatic hydroxyl groups excluding tert-OH is 1. The van der Waals surface area contributed by atoms with E-state index >= 15 is 0 Å². The molecule has 1 heterocycles. The summed E-state index contributed by atoms with van der Waals surface area (Å²) < 4.78 is 34.1. The fraction of sp³-hybridized carbons (Fsp3) is 0.406. The summed E-state index contributed by atoms with van der Waals surface area (Å²) in [7, 11) is 0. The van der Waals surface area contributed by atoms with E-state index in [2.05, 4.69) is 4.90 Å². The van der Waals surface area contributed by atoms with Gasteiger partial charge in [0.1, 0.15) is 17.2 Å². The lowest BCUT2D eigenvalue weighted by Crippen LogP contribution is -2.54. The Morgan fingerprint density at radius 3 is 2.00 bits per heavy atom. The Kier molecular flexibility index (Phi) is 9.36. The standard InChI is InChI=1S/C32H38F2N2O3/c1-32(2,3)39-31(38)36-16-10-15-28(36)30(37)29(19-25-17-26(33)20-27(34)18-25)35(21-23-11-6-4-7-12-23)22-24-13-8-5-9-14-24/h4-9,11-14,17-18,20,28-30,37H,10,15-16,19,21-22H2,1-3H3/t28?,29-,30+/m0/s1. The molecule has 1 fully saturated rings. The monoisotopic (exact) mass is 536 g/mol. The van der Waals surface area contributed by atoms with E-state index in [-0.39, 0.29) is 6.42 Å². The number of aliphatic hydroxyl groups is 1. The summed E-state index contributed by atoms with van der Waals surface area (Å²) in [6, 6.07) is 22.3. The van der Waals surface area contributed by atoms with Gasteiger partial charge in [-0.2, -0.15) is 0 Å². The molecular formula is C32H38F2N2O3. The number of rotatable bonds is 9. The largest absolute Gasteiger partial charge is 0.444 e. The topological polar surface area (TPSA) is 53.0 Å². The minimum Gasteiger partial charge on any atom is -0.444 e. The molecule has 0 radical (unpaired) electrons. The second-order valence-electron chi connectivity index (χ2n) is 11.3. The molecule has 0 aromatic heterocycles. The van der Waals surface area contributed by atoms with Gasteiger partial charge in [0.25, 0.3) is 0 Å². The van der Waals surface area contributed by atoms with Crippen molar-refractivity contribution >= 4 is 6.09 Å². The Morgan fingerprint density at radius 1 is 0.949 bits per heavy atom. The summed E-state index contributed by atoms with van der Waals surface area (Å²) in [6.45, 7) is 6.94. The van der Waals surface area contributed by atoms with Crippen LogP contribution in [0.3, 0.4) is 0 Å². The van der Waals surface area contributed by atoms with Gasteiger partial charge in [0.2, 0.25) is 0 Å². The van der Waals surface area contributed by atoms with Crippen molar-refractivity contribution in [2.45, 2.75) is 76.9 Å². The molecule has 1 saturated heterocycles. The van der Waals surface area contributed by atoms with Gasteiger partial charge in [-0.05, 0) is 68.9 Å². The molecule has 3 aromatic rings. The number of amides is 1. The van der Waals surface area contributed by atoms with Gasteiger partial charge in [-0.3, -0.25) is 4.90 Å². The van der Waals surface area contributed by atoms with E-state index in [0.29, 0.717) is 31.6 Å². The summed E-state index contributed by atoms with van der Waals surface area (Å²) in [5, 5.41) is 12.0. The van der Waals surface area contributed by atoms with Gasteiger partial charge in [0.15, 0.2) is 0 Å². The average Bonchev–Trinajstić information content (AvgIpc) is 3.37. The smallest absolute Gasteiger partial charge is 0.410 e. The Hall–Kier alpha value is -3.29. The van der Waals surface area contributed by atoms with Crippen molar-refractivity contribution in [2.24, 2.45) is 0 Å². The Morgan fingerprint density at radius 2 is 1.49 bits per heavy atom. The van der Waals surface area contributed by atoms with Crippen molar-refractivity contribution in [3.8, 4) is 0 Å². The molecule has 0 aliphatic carbocycles. The predicted molar refractivity (Wildman–Crippen MR) is 148 cm³/mol. The van der Waals surface area contributed by atoms with Crippen LogP contribution in [0.1, 0.15) is 50.3 Å². The average molecular weight is 537 g/mol. The van der Waals surface area contributed by atoms with Crippen molar-refractivity contribution in [2.75, 3.05) is 6.54 Å². The maximum absolute atomic E-state index is 14.2. The van der Waals surface area contributed by atoms with Crippen LogP contribution in [0.5, 0.6) is 0 Å². The number of nitrogens with zero attached hydrogens (tertiary/aromatic N) is 2. The first-order chi connectivity index (χ1) is 18.6. The van der Waals surface area contributed by atoms with Gasteiger partial charge >= 0.3 is 6.09 Å². The van der Waals surface area contributed by atoms with Crippen LogP contribution in [-0.2, 0) is 24.2 Å². The number of ether oxygens (including phenoxy) is 1. The molecule has 7 heteroatoms. The number of halogens is 2. The molecule has 1 aliphatic rings. The van der Waals surface area contributed by atoms with Crippen LogP contribution in [0.15, 0.2) is 78.9 Å². The van der Waals surface area contributed by atoms with Gasteiger partial charge in [0.05, 0.1) is 12.1 Å². The van der Waals surface area contributed by atoms with Crippen LogP contribution in [0.2, 0.25) is 0 Å². The fourth-order valence-electron chi connectivity index (χ4n) is 5.31. The Labute approximate surface area is 230 Å². The van der Waals surface area contributed by atoms with Crippen LogP contribution < -0.4 is 0 Å². The zero-order valence-corrected chi connectivity index (χ0v) is 22.9. The molecule has 0 bridgehead atoms. The number of benzene rings is 3. The zero-order valence-electron chi connectivity index (χ0n) is 22.9. The van der Waals surface area contributed by atoms with Crippen LogP contribution in [0, 0.1) is 11.6 Å². The summed E-state index contributed by atoms with van der Waals surface area (Å²) in [4.78, 5) is 16.8. The van der Waals surface area contributed by atoms with Gasteiger partial charge in [-0.1, -0.05) is 60.7 Å². The van der Waals surface area contributed by atoms with Crippen molar-refractivity contribution in [3.05, 3.63) is 107 Å². The van der Waals surface area contributed by atoms with Gasteiger partial charge < -0.3 is 14.7 Å². The highest BCUT2D eigenvalue weighted by Gasteiger charge is 2.41. The van der Waals surface area contributed by atoms with Crippen LogP contribution in [-0.4, -0.2) is 51.3 Å². The molecule has 39 heavy (non-hydrogen) atoms. The van der Waals surface area contributed by atoms with Crippen LogP contribution >= 0.6 is 0 Å². The van der Waals surface area contributed by atoms with Crippen LogP contribution in [0.25, 0.3) is 0 Å². The lowest BCUT2D eigenvalue weighted by Gasteiger charge is -2.40. The first-order valence-electron chi connectivity index (χ1n) is 13.5. The van der Waals surface area contributed by atoms with E-state index in [1.807, 2.05) is 81.4 Å². The van der Waals surface area contributed by atoms with Crippen molar-refractivity contribution in [1.82, 2.24) is 9.80 Å². The third-order valence-corrected chi connectivity index (χ3v) is 7.01. The lowest BCUT2D eigenvalue weighted by atomic mass is 9.92.